The van der Waals surface area contributed by atoms with Crippen molar-refractivity contribution in [2.24, 2.45) is 0 Å². The molecule has 1 aromatic rings. The normalized spacial score (nSPS) is 9.84. The van der Waals surface area contributed by atoms with Gasteiger partial charge in [0.15, 0.2) is 0 Å². The van der Waals surface area contributed by atoms with Gasteiger partial charge in [-0.25, -0.2) is 0 Å². The molecule has 0 spiro atoms. The van der Waals surface area contributed by atoms with Crippen LogP contribution < -0.4 is 10.6 Å². The lowest BCUT2D eigenvalue weighted by Crippen LogP contribution is -2.34. The summed E-state index contributed by atoms with van der Waals surface area (Å²) in [7, 11) is 0. The molecule has 1 amide bonds. The number of benzene rings is 1. The van der Waals surface area contributed by atoms with E-state index in [-0.39, 0.29) is 12.5 Å². The van der Waals surface area contributed by atoms with Crippen LogP contribution in [-0.2, 0) is 16.1 Å². The van der Waals surface area contributed by atoms with E-state index >= 15 is 0 Å². The van der Waals surface area contributed by atoms with Crippen LogP contribution in [0.2, 0.25) is 0 Å². The first kappa shape index (κ1) is 15.2. The Bertz CT molecular complexity index is 398. The molecule has 0 heterocycles. The Morgan fingerprint density at radius 2 is 2.11 bits per heavy atom. The fraction of sp³-hybridized carbons (Fsp3) is 0.400. The Hall–Kier alpha value is -1.83. The summed E-state index contributed by atoms with van der Waals surface area (Å²) in [6.45, 7) is 2.53. The van der Waals surface area contributed by atoms with Gasteiger partial charge in [-0.3, -0.25) is 10.1 Å². The summed E-state index contributed by atoms with van der Waals surface area (Å²) >= 11 is 0. The molecular formula is C15H20N2O2. The molecule has 0 aliphatic carbocycles. The molecule has 0 fully saturated rings. The number of terminal acetylenes is 1. The average Bonchev–Trinajstić information content (AvgIpc) is 2.44. The Labute approximate surface area is 114 Å². The number of ether oxygens (including phenoxy) is 1. The second-order valence-corrected chi connectivity index (χ2v) is 4.05. The maximum absolute atomic E-state index is 11.3. The minimum Gasteiger partial charge on any atom is -0.377 e. The van der Waals surface area contributed by atoms with Gasteiger partial charge in [0.05, 0.1) is 19.7 Å². The minimum absolute atomic E-state index is 0.0432. The van der Waals surface area contributed by atoms with Crippen molar-refractivity contribution in [3.05, 3.63) is 35.9 Å². The van der Waals surface area contributed by atoms with Crippen molar-refractivity contribution in [3.8, 4) is 12.3 Å². The zero-order chi connectivity index (χ0) is 13.8. The molecular weight excluding hydrogens is 240 g/mol. The zero-order valence-electron chi connectivity index (χ0n) is 11.0. The Balaban J connectivity index is 1.94. The average molecular weight is 260 g/mol. The molecule has 4 nitrogen and oxygen atoms in total. The van der Waals surface area contributed by atoms with Gasteiger partial charge in [0.2, 0.25) is 5.91 Å². The van der Waals surface area contributed by atoms with E-state index < -0.39 is 0 Å². The third-order valence-electron chi connectivity index (χ3n) is 2.41. The van der Waals surface area contributed by atoms with Crippen LogP contribution in [0.15, 0.2) is 30.3 Å². The largest absolute Gasteiger partial charge is 0.377 e. The SMILES string of the molecule is C#CCNCC(=O)NCCCOCc1ccccc1. The van der Waals surface area contributed by atoms with Gasteiger partial charge in [-0.2, -0.15) is 0 Å². The van der Waals surface area contributed by atoms with E-state index in [4.69, 9.17) is 11.2 Å². The summed E-state index contributed by atoms with van der Waals surface area (Å²) in [6.07, 6.45) is 5.86. The summed E-state index contributed by atoms with van der Waals surface area (Å²) in [5, 5.41) is 5.62. The molecule has 0 unspecified atom stereocenters. The first-order valence-corrected chi connectivity index (χ1v) is 6.35. The van der Waals surface area contributed by atoms with Gasteiger partial charge < -0.3 is 10.1 Å². The highest BCUT2D eigenvalue weighted by Crippen LogP contribution is 2.00. The third-order valence-corrected chi connectivity index (χ3v) is 2.41. The molecule has 0 saturated heterocycles. The van der Waals surface area contributed by atoms with Crippen molar-refractivity contribution in [1.29, 1.82) is 0 Å². The van der Waals surface area contributed by atoms with Gasteiger partial charge in [0.25, 0.3) is 0 Å². The topological polar surface area (TPSA) is 50.4 Å². The van der Waals surface area contributed by atoms with Crippen LogP contribution in [0.4, 0.5) is 0 Å². The van der Waals surface area contributed by atoms with Crippen LogP contribution in [0.3, 0.4) is 0 Å². The standard InChI is InChI=1S/C15H20N2O2/c1-2-9-16-12-15(18)17-10-6-11-19-13-14-7-4-3-5-8-14/h1,3-5,7-8,16H,6,9-13H2,(H,17,18). The van der Waals surface area contributed by atoms with Gasteiger partial charge in [-0.05, 0) is 12.0 Å². The molecule has 2 N–H and O–H groups in total. The monoisotopic (exact) mass is 260 g/mol. The minimum atomic E-state index is -0.0432. The van der Waals surface area contributed by atoms with E-state index in [1.165, 1.54) is 0 Å². The maximum Gasteiger partial charge on any atom is 0.233 e. The molecule has 0 aromatic heterocycles. The van der Waals surface area contributed by atoms with Crippen LogP contribution in [-0.4, -0.2) is 32.1 Å². The maximum atomic E-state index is 11.3. The van der Waals surface area contributed by atoms with Crippen molar-refractivity contribution >= 4 is 5.91 Å². The molecule has 0 radical (unpaired) electrons. The van der Waals surface area contributed by atoms with Crippen LogP contribution in [0, 0.1) is 12.3 Å². The molecule has 1 aromatic carbocycles. The lowest BCUT2D eigenvalue weighted by molar-refractivity contribution is -0.120. The molecule has 0 atom stereocenters. The highest BCUT2D eigenvalue weighted by Gasteiger charge is 1.98. The van der Waals surface area contributed by atoms with E-state index in [0.29, 0.717) is 26.3 Å². The van der Waals surface area contributed by atoms with Crippen LogP contribution in [0.25, 0.3) is 0 Å². The predicted octanol–water partition coefficient (Wildman–Crippen LogP) is 0.932. The number of amides is 1. The summed E-state index contributed by atoms with van der Waals surface area (Å²) in [6, 6.07) is 10.0. The van der Waals surface area contributed by atoms with Gasteiger partial charge in [0.1, 0.15) is 0 Å². The summed E-state index contributed by atoms with van der Waals surface area (Å²) in [5.74, 6) is 2.37. The Kier molecular flexibility index (Phi) is 8.12. The van der Waals surface area contributed by atoms with Gasteiger partial charge in [0, 0.05) is 13.2 Å². The summed E-state index contributed by atoms with van der Waals surface area (Å²) < 4.78 is 5.51. The van der Waals surface area contributed by atoms with Crippen molar-refractivity contribution in [1.82, 2.24) is 10.6 Å². The van der Waals surface area contributed by atoms with Crippen LogP contribution in [0.1, 0.15) is 12.0 Å². The van der Waals surface area contributed by atoms with Crippen LogP contribution in [0.5, 0.6) is 0 Å². The Morgan fingerprint density at radius 3 is 2.84 bits per heavy atom. The van der Waals surface area contributed by atoms with Crippen molar-refractivity contribution in [3.63, 3.8) is 0 Å². The number of rotatable bonds is 9. The fourth-order valence-corrected chi connectivity index (χ4v) is 1.48. The third kappa shape index (κ3) is 7.98. The van der Waals surface area contributed by atoms with E-state index in [1.807, 2.05) is 30.3 Å². The van der Waals surface area contributed by atoms with E-state index in [0.717, 1.165) is 12.0 Å². The molecule has 0 aliphatic rings. The van der Waals surface area contributed by atoms with Crippen molar-refractivity contribution < 1.29 is 9.53 Å². The molecule has 19 heavy (non-hydrogen) atoms. The molecule has 0 aliphatic heterocycles. The lowest BCUT2D eigenvalue weighted by atomic mass is 10.2. The second-order valence-electron chi connectivity index (χ2n) is 4.05. The van der Waals surface area contributed by atoms with Crippen molar-refractivity contribution in [2.45, 2.75) is 13.0 Å². The van der Waals surface area contributed by atoms with Gasteiger partial charge in [-0.1, -0.05) is 36.3 Å². The molecule has 102 valence electrons. The number of carbonyl (C=O) groups excluding carboxylic acids is 1. The quantitative estimate of drug-likeness (QED) is 0.513. The molecule has 0 saturated carbocycles. The van der Waals surface area contributed by atoms with Gasteiger partial charge >= 0.3 is 0 Å². The number of hydrogen-bond acceptors (Lipinski definition) is 3. The predicted molar refractivity (Wildman–Crippen MR) is 75.4 cm³/mol. The lowest BCUT2D eigenvalue weighted by Gasteiger charge is -2.06. The smallest absolute Gasteiger partial charge is 0.233 e. The van der Waals surface area contributed by atoms with Crippen molar-refractivity contribution in [2.75, 3.05) is 26.2 Å². The zero-order valence-corrected chi connectivity index (χ0v) is 11.0. The van der Waals surface area contributed by atoms with Gasteiger partial charge in [-0.15, -0.1) is 6.42 Å². The number of nitrogens with one attached hydrogen (secondary N) is 2. The van der Waals surface area contributed by atoms with E-state index in [2.05, 4.69) is 16.6 Å². The summed E-state index contributed by atoms with van der Waals surface area (Å²) in [4.78, 5) is 11.3. The first-order valence-electron chi connectivity index (χ1n) is 6.35. The molecule has 4 heteroatoms. The second kappa shape index (κ2) is 10.1. The number of carbonyl (C=O) groups is 1. The highest BCUT2D eigenvalue weighted by molar-refractivity contribution is 5.77. The Morgan fingerprint density at radius 1 is 1.32 bits per heavy atom. The van der Waals surface area contributed by atoms with E-state index in [9.17, 15) is 4.79 Å². The summed E-state index contributed by atoms with van der Waals surface area (Å²) in [5.41, 5.74) is 1.16. The fourth-order valence-electron chi connectivity index (χ4n) is 1.48. The first-order chi connectivity index (χ1) is 9.33. The van der Waals surface area contributed by atoms with Crippen LogP contribution >= 0.6 is 0 Å². The highest BCUT2D eigenvalue weighted by atomic mass is 16.5. The molecule has 0 bridgehead atoms. The van der Waals surface area contributed by atoms with E-state index in [1.54, 1.807) is 0 Å². The number of hydrogen-bond donors (Lipinski definition) is 2. The molecule has 1 rings (SSSR count).